The van der Waals surface area contributed by atoms with E-state index in [9.17, 15) is 9.59 Å². The Bertz CT molecular complexity index is 582. The van der Waals surface area contributed by atoms with Gasteiger partial charge in [-0.25, -0.2) is 0 Å². The molecule has 2 amide bonds. The molecule has 0 spiro atoms. The van der Waals surface area contributed by atoms with Crippen molar-refractivity contribution in [1.29, 1.82) is 0 Å². The lowest BCUT2D eigenvalue weighted by atomic mass is 9.92. The van der Waals surface area contributed by atoms with Gasteiger partial charge in [-0.3, -0.25) is 9.59 Å². The fraction of sp³-hybridized carbons (Fsp3) is 0.920. The molecule has 6 nitrogen and oxygen atoms in total. The van der Waals surface area contributed by atoms with Crippen LogP contribution in [-0.2, 0) is 9.59 Å². The summed E-state index contributed by atoms with van der Waals surface area (Å²) in [4.78, 5) is 34.8. The van der Waals surface area contributed by atoms with Crippen molar-refractivity contribution in [2.75, 3.05) is 58.9 Å². The third-order valence-corrected chi connectivity index (χ3v) is 8.58. The maximum atomic E-state index is 13.0. The lowest BCUT2D eigenvalue weighted by Crippen LogP contribution is -2.53. The van der Waals surface area contributed by atoms with Crippen molar-refractivity contribution in [1.82, 2.24) is 19.6 Å². The highest BCUT2D eigenvalue weighted by molar-refractivity contribution is 5.79. The minimum absolute atomic E-state index is 0.224. The van der Waals surface area contributed by atoms with Crippen molar-refractivity contribution in [2.24, 2.45) is 11.8 Å². The highest BCUT2D eigenvalue weighted by atomic mass is 16.2. The minimum Gasteiger partial charge on any atom is -0.343 e. The van der Waals surface area contributed by atoms with E-state index in [1.54, 1.807) is 0 Å². The first-order valence-corrected chi connectivity index (χ1v) is 13.2. The van der Waals surface area contributed by atoms with Crippen LogP contribution in [0.5, 0.6) is 0 Å². The van der Waals surface area contributed by atoms with Crippen LogP contribution in [0.15, 0.2) is 0 Å². The van der Waals surface area contributed by atoms with Gasteiger partial charge in [-0.2, -0.15) is 0 Å². The normalized spacial score (nSPS) is 26.0. The molecule has 4 rings (SSSR count). The van der Waals surface area contributed by atoms with Crippen LogP contribution in [-0.4, -0.2) is 96.4 Å². The molecule has 0 atom stereocenters. The molecule has 3 heterocycles. The van der Waals surface area contributed by atoms with Crippen LogP contribution < -0.4 is 0 Å². The van der Waals surface area contributed by atoms with Crippen molar-refractivity contribution in [3.05, 3.63) is 0 Å². The Morgan fingerprint density at radius 3 is 2.00 bits per heavy atom. The Hall–Kier alpha value is -1.14. The highest BCUT2D eigenvalue weighted by Crippen LogP contribution is 2.29. The van der Waals surface area contributed by atoms with Crippen LogP contribution in [0.2, 0.25) is 0 Å². The number of likely N-dealkylation sites (N-methyl/N-ethyl adjacent to an activating group) is 1. The zero-order valence-corrected chi connectivity index (χ0v) is 19.8. The zero-order valence-electron chi connectivity index (χ0n) is 19.8. The van der Waals surface area contributed by atoms with Gasteiger partial charge in [0.05, 0.1) is 0 Å². The van der Waals surface area contributed by atoms with Gasteiger partial charge >= 0.3 is 0 Å². The number of rotatable bonds is 6. The minimum atomic E-state index is 0.224. The maximum Gasteiger partial charge on any atom is 0.225 e. The summed E-state index contributed by atoms with van der Waals surface area (Å²) in [5, 5.41) is 0. The topological polar surface area (TPSA) is 47.1 Å². The predicted octanol–water partition coefficient (Wildman–Crippen LogP) is 2.82. The average Bonchev–Trinajstić information content (AvgIpc) is 3.36. The monoisotopic (exact) mass is 432 g/mol. The lowest BCUT2D eigenvalue weighted by molar-refractivity contribution is -0.139. The van der Waals surface area contributed by atoms with Gasteiger partial charge in [-0.15, -0.1) is 0 Å². The first-order valence-electron chi connectivity index (χ1n) is 13.2. The zero-order chi connectivity index (χ0) is 21.6. The van der Waals surface area contributed by atoms with E-state index in [1.807, 2.05) is 0 Å². The molecule has 3 aliphatic heterocycles. The van der Waals surface area contributed by atoms with Crippen LogP contribution in [0.25, 0.3) is 0 Å². The van der Waals surface area contributed by atoms with E-state index >= 15 is 0 Å². The second-order valence-electron chi connectivity index (χ2n) is 10.4. The highest BCUT2D eigenvalue weighted by Gasteiger charge is 2.34. The summed E-state index contributed by atoms with van der Waals surface area (Å²) in [6.07, 6.45) is 11.5. The molecule has 0 unspecified atom stereocenters. The summed E-state index contributed by atoms with van der Waals surface area (Å²) in [5.41, 5.74) is 0. The number of likely N-dealkylation sites (tertiary alicyclic amines) is 2. The molecule has 31 heavy (non-hydrogen) atoms. The number of nitrogens with zero attached hydrogens (tertiary/aromatic N) is 4. The van der Waals surface area contributed by atoms with E-state index in [4.69, 9.17) is 0 Å². The van der Waals surface area contributed by atoms with E-state index in [1.165, 1.54) is 25.7 Å². The van der Waals surface area contributed by atoms with Crippen LogP contribution >= 0.6 is 0 Å². The second-order valence-corrected chi connectivity index (χ2v) is 10.4. The van der Waals surface area contributed by atoms with Crippen molar-refractivity contribution in [3.8, 4) is 0 Å². The van der Waals surface area contributed by atoms with Crippen molar-refractivity contribution < 1.29 is 9.59 Å². The molecule has 176 valence electrons. The maximum absolute atomic E-state index is 13.0. The number of piperidine rings is 2. The first kappa shape index (κ1) is 23.0. The Kier molecular flexibility index (Phi) is 8.27. The third-order valence-electron chi connectivity index (χ3n) is 8.58. The Balaban J connectivity index is 1.14. The van der Waals surface area contributed by atoms with Gasteiger partial charge in [0.25, 0.3) is 0 Å². The van der Waals surface area contributed by atoms with Crippen molar-refractivity contribution in [2.45, 2.75) is 77.2 Å². The molecule has 4 aliphatic rings. The van der Waals surface area contributed by atoms with Crippen molar-refractivity contribution in [3.63, 3.8) is 0 Å². The molecule has 0 N–H and O–H groups in total. The first-order chi connectivity index (χ1) is 15.1. The smallest absolute Gasteiger partial charge is 0.225 e. The molecule has 0 radical (unpaired) electrons. The average molecular weight is 433 g/mol. The van der Waals surface area contributed by atoms with Crippen LogP contribution in [0, 0.1) is 11.8 Å². The van der Waals surface area contributed by atoms with Gasteiger partial charge in [-0.05, 0) is 57.7 Å². The molecule has 0 aromatic rings. The van der Waals surface area contributed by atoms with Gasteiger partial charge in [-0.1, -0.05) is 32.6 Å². The molecule has 0 aromatic carbocycles. The fourth-order valence-corrected chi connectivity index (χ4v) is 6.32. The quantitative estimate of drug-likeness (QED) is 0.648. The molecule has 1 aliphatic carbocycles. The molecular weight excluding hydrogens is 388 g/mol. The lowest BCUT2D eigenvalue weighted by Gasteiger charge is -2.43. The van der Waals surface area contributed by atoms with E-state index in [0.29, 0.717) is 17.9 Å². The molecule has 1 saturated carbocycles. The Morgan fingerprint density at radius 1 is 0.742 bits per heavy atom. The SMILES string of the molecule is CCN1CCN(C(=O)C2CCN(C3CCN(C(=O)CCC4CCCC4)CC3)CC2)CC1. The van der Waals surface area contributed by atoms with Gasteiger partial charge in [0.2, 0.25) is 11.8 Å². The number of hydrogen-bond acceptors (Lipinski definition) is 4. The third kappa shape index (κ3) is 6.01. The van der Waals surface area contributed by atoms with Crippen LogP contribution in [0.3, 0.4) is 0 Å². The van der Waals surface area contributed by atoms with Crippen LogP contribution in [0.4, 0.5) is 0 Å². The predicted molar refractivity (Wildman–Crippen MR) is 124 cm³/mol. The van der Waals surface area contributed by atoms with Gasteiger partial charge in [0.15, 0.2) is 0 Å². The summed E-state index contributed by atoms with van der Waals surface area (Å²) < 4.78 is 0. The summed E-state index contributed by atoms with van der Waals surface area (Å²) in [7, 11) is 0. The van der Waals surface area contributed by atoms with E-state index in [-0.39, 0.29) is 5.92 Å². The second kappa shape index (κ2) is 11.1. The molecule has 3 saturated heterocycles. The van der Waals surface area contributed by atoms with E-state index < -0.39 is 0 Å². The van der Waals surface area contributed by atoms with Gasteiger partial charge in [0, 0.05) is 57.6 Å². The molecule has 0 bridgehead atoms. The Labute approximate surface area is 189 Å². The summed E-state index contributed by atoms with van der Waals surface area (Å²) in [6, 6.07) is 0.600. The van der Waals surface area contributed by atoms with Gasteiger partial charge < -0.3 is 19.6 Å². The summed E-state index contributed by atoms with van der Waals surface area (Å²) >= 11 is 0. The largest absolute Gasteiger partial charge is 0.343 e. The van der Waals surface area contributed by atoms with Crippen molar-refractivity contribution >= 4 is 11.8 Å². The van der Waals surface area contributed by atoms with Gasteiger partial charge in [0.1, 0.15) is 0 Å². The Morgan fingerprint density at radius 2 is 1.39 bits per heavy atom. The standard InChI is InChI=1S/C25H44N4O2/c1-2-26-17-19-29(20-18-26)25(31)22-9-13-27(14-10-22)23-11-15-28(16-12-23)24(30)8-7-21-5-3-4-6-21/h21-23H,2-20H2,1H3. The molecule has 4 fully saturated rings. The molecule has 0 aromatic heterocycles. The summed E-state index contributed by atoms with van der Waals surface area (Å²) in [6.45, 7) is 11.1. The fourth-order valence-electron chi connectivity index (χ4n) is 6.32. The number of carbonyl (C=O) groups excluding carboxylic acids is 2. The summed E-state index contributed by atoms with van der Waals surface area (Å²) in [5.74, 6) is 1.82. The van der Waals surface area contributed by atoms with E-state index in [2.05, 4.69) is 26.5 Å². The van der Waals surface area contributed by atoms with Crippen LogP contribution in [0.1, 0.15) is 71.1 Å². The number of piperazine rings is 1. The number of carbonyl (C=O) groups is 2. The molecular formula is C25H44N4O2. The number of hydrogen-bond donors (Lipinski definition) is 0. The van der Waals surface area contributed by atoms with E-state index in [0.717, 1.165) is 103 Å². The molecule has 6 heteroatoms. The number of amides is 2.